The van der Waals surface area contributed by atoms with E-state index in [1.165, 1.54) is 0 Å². The molecule has 1 amide bonds. The first kappa shape index (κ1) is 22.1. The summed E-state index contributed by atoms with van der Waals surface area (Å²) in [7, 11) is 0. The van der Waals surface area contributed by atoms with Gasteiger partial charge in [-0.3, -0.25) is 4.79 Å². The Balaban J connectivity index is 1.63. The number of nitrogens with zero attached hydrogens (tertiary/aromatic N) is 1. The van der Waals surface area contributed by atoms with Crippen LogP contribution in [0.1, 0.15) is 45.4 Å². The average Bonchev–Trinajstić information content (AvgIpc) is 3.09. The van der Waals surface area contributed by atoms with E-state index < -0.39 is 18.5 Å². The van der Waals surface area contributed by atoms with E-state index in [9.17, 15) is 9.59 Å². The van der Waals surface area contributed by atoms with Crippen molar-refractivity contribution in [3.05, 3.63) is 76.2 Å². The molecule has 1 heterocycles. The van der Waals surface area contributed by atoms with Gasteiger partial charge < -0.3 is 19.3 Å². The molecular weight excluding hydrogens is 396 g/mol. The first-order valence-corrected chi connectivity index (χ1v) is 10.1. The van der Waals surface area contributed by atoms with E-state index in [0.717, 1.165) is 34.5 Å². The second-order valence-electron chi connectivity index (χ2n) is 7.17. The lowest BCUT2D eigenvalue weighted by Crippen LogP contribution is -2.22. The van der Waals surface area contributed by atoms with Crippen molar-refractivity contribution in [1.29, 1.82) is 0 Å². The van der Waals surface area contributed by atoms with Crippen molar-refractivity contribution >= 4 is 17.6 Å². The zero-order valence-electron chi connectivity index (χ0n) is 18.2. The van der Waals surface area contributed by atoms with E-state index in [-0.39, 0.29) is 12.2 Å². The van der Waals surface area contributed by atoms with Crippen molar-refractivity contribution in [2.75, 3.05) is 11.9 Å². The van der Waals surface area contributed by atoms with E-state index in [1.807, 2.05) is 39.0 Å². The number of carbonyl (C=O) groups excluding carboxylic acids is 2. The van der Waals surface area contributed by atoms with Gasteiger partial charge in [0.05, 0.1) is 11.3 Å². The quantitative estimate of drug-likeness (QED) is 0.536. The standard InChI is InChI=1S/C24H26N2O5/c1-5-18-10-8-9-15(2)23(18)25-22(27)14-30-24(28)19-11-6-7-12-21(19)29-13-20-16(3)26-31-17(20)4/h6-12H,5,13-14H2,1-4H3,(H,25,27). The highest BCUT2D eigenvalue weighted by Gasteiger charge is 2.17. The molecule has 7 heteroatoms. The number of aryl methyl sites for hydroxylation is 4. The van der Waals surface area contributed by atoms with Gasteiger partial charge in [0.15, 0.2) is 6.61 Å². The van der Waals surface area contributed by atoms with Gasteiger partial charge in [0.25, 0.3) is 5.91 Å². The fourth-order valence-electron chi connectivity index (χ4n) is 3.21. The van der Waals surface area contributed by atoms with Gasteiger partial charge in [-0.2, -0.15) is 0 Å². The Morgan fingerprint density at radius 2 is 1.84 bits per heavy atom. The summed E-state index contributed by atoms with van der Waals surface area (Å²) in [6.07, 6.45) is 0.785. The average molecular weight is 422 g/mol. The molecule has 0 radical (unpaired) electrons. The third-order valence-electron chi connectivity index (χ3n) is 5.00. The molecule has 0 bridgehead atoms. The summed E-state index contributed by atoms with van der Waals surface area (Å²) >= 11 is 0. The van der Waals surface area contributed by atoms with E-state index >= 15 is 0 Å². The summed E-state index contributed by atoms with van der Waals surface area (Å²) in [6.45, 7) is 7.38. The highest BCUT2D eigenvalue weighted by Crippen LogP contribution is 2.23. The Morgan fingerprint density at radius 3 is 2.55 bits per heavy atom. The molecule has 7 nitrogen and oxygen atoms in total. The fraction of sp³-hybridized carbons (Fsp3) is 0.292. The number of rotatable bonds is 8. The van der Waals surface area contributed by atoms with Crippen LogP contribution in [-0.4, -0.2) is 23.6 Å². The minimum absolute atomic E-state index is 0.207. The summed E-state index contributed by atoms with van der Waals surface area (Å²) in [5.74, 6) is -0.00607. The Hall–Kier alpha value is -3.61. The van der Waals surface area contributed by atoms with E-state index in [4.69, 9.17) is 14.0 Å². The van der Waals surface area contributed by atoms with Crippen LogP contribution in [0.4, 0.5) is 5.69 Å². The van der Waals surface area contributed by atoms with Crippen LogP contribution >= 0.6 is 0 Å². The molecule has 0 aliphatic heterocycles. The van der Waals surface area contributed by atoms with Gasteiger partial charge in [0.2, 0.25) is 0 Å². The first-order valence-electron chi connectivity index (χ1n) is 10.1. The number of para-hydroxylation sites is 2. The van der Waals surface area contributed by atoms with E-state index in [2.05, 4.69) is 10.5 Å². The summed E-state index contributed by atoms with van der Waals surface area (Å²) in [4.78, 5) is 25.0. The number of hydrogen-bond donors (Lipinski definition) is 1. The number of ether oxygens (including phenoxy) is 2. The number of aromatic nitrogens is 1. The van der Waals surface area contributed by atoms with Crippen molar-refractivity contribution in [3.63, 3.8) is 0 Å². The Bertz CT molecular complexity index is 1070. The number of anilines is 1. The third kappa shape index (κ3) is 5.31. The molecule has 3 aromatic rings. The van der Waals surface area contributed by atoms with Crippen LogP contribution in [0.15, 0.2) is 47.0 Å². The summed E-state index contributed by atoms with van der Waals surface area (Å²) in [6, 6.07) is 12.6. The van der Waals surface area contributed by atoms with Gasteiger partial charge in [0.1, 0.15) is 23.7 Å². The molecule has 0 saturated heterocycles. The highest BCUT2D eigenvalue weighted by atomic mass is 16.5. The third-order valence-corrected chi connectivity index (χ3v) is 5.00. The summed E-state index contributed by atoms with van der Waals surface area (Å²) in [5.41, 5.74) is 4.54. The molecule has 31 heavy (non-hydrogen) atoms. The van der Waals surface area contributed by atoms with Crippen LogP contribution in [0.2, 0.25) is 0 Å². The molecule has 0 atom stereocenters. The number of nitrogens with one attached hydrogen (secondary N) is 1. The number of esters is 1. The molecule has 1 N–H and O–H groups in total. The maximum atomic E-state index is 12.6. The molecule has 0 aliphatic carbocycles. The van der Waals surface area contributed by atoms with Crippen LogP contribution < -0.4 is 10.1 Å². The topological polar surface area (TPSA) is 90.7 Å². The van der Waals surface area contributed by atoms with E-state index in [0.29, 0.717) is 11.5 Å². The van der Waals surface area contributed by atoms with Crippen molar-refractivity contribution in [2.45, 2.75) is 40.7 Å². The second kappa shape index (κ2) is 9.93. The van der Waals surface area contributed by atoms with Gasteiger partial charge in [-0.1, -0.05) is 42.4 Å². The lowest BCUT2D eigenvalue weighted by molar-refractivity contribution is -0.119. The van der Waals surface area contributed by atoms with Crippen LogP contribution in [0, 0.1) is 20.8 Å². The summed E-state index contributed by atoms with van der Waals surface area (Å²) < 4.78 is 16.2. The first-order chi connectivity index (χ1) is 14.9. The molecule has 0 fully saturated rings. The predicted molar refractivity (Wildman–Crippen MR) is 116 cm³/mol. The zero-order chi connectivity index (χ0) is 22.4. The zero-order valence-corrected chi connectivity index (χ0v) is 18.2. The molecule has 0 aliphatic rings. The van der Waals surface area contributed by atoms with Crippen molar-refractivity contribution < 1.29 is 23.6 Å². The molecule has 0 saturated carbocycles. The number of carbonyl (C=O) groups is 2. The second-order valence-corrected chi connectivity index (χ2v) is 7.17. The molecule has 3 rings (SSSR count). The minimum atomic E-state index is -0.634. The van der Waals surface area contributed by atoms with Gasteiger partial charge in [-0.05, 0) is 50.5 Å². The van der Waals surface area contributed by atoms with Crippen LogP contribution in [0.25, 0.3) is 0 Å². The predicted octanol–water partition coefficient (Wildman–Crippen LogP) is 4.54. The molecular formula is C24H26N2O5. The molecule has 162 valence electrons. The number of benzene rings is 2. The SMILES string of the molecule is CCc1cccc(C)c1NC(=O)COC(=O)c1ccccc1OCc1c(C)noc1C. The maximum Gasteiger partial charge on any atom is 0.342 e. The number of hydrogen-bond acceptors (Lipinski definition) is 6. The number of amides is 1. The van der Waals surface area contributed by atoms with E-state index in [1.54, 1.807) is 31.2 Å². The Morgan fingerprint density at radius 1 is 1.06 bits per heavy atom. The van der Waals surface area contributed by atoms with Gasteiger partial charge >= 0.3 is 5.97 Å². The van der Waals surface area contributed by atoms with Crippen molar-refractivity contribution in [3.8, 4) is 5.75 Å². The maximum absolute atomic E-state index is 12.6. The van der Waals surface area contributed by atoms with Gasteiger partial charge in [-0.25, -0.2) is 4.79 Å². The Labute approximate surface area is 181 Å². The summed E-state index contributed by atoms with van der Waals surface area (Å²) in [5, 5.41) is 6.74. The normalized spacial score (nSPS) is 10.6. The van der Waals surface area contributed by atoms with Crippen molar-refractivity contribution in [1.82, 2.24) is 5.16 Å². The van der Waals surface area contributed by atoms with Crippen LogP contribution in [0.3, 0.4) is 0 Å². The molecule has 0 unspecified atom stereocenters. The molecule has 1 aromatic heterocycles. The fourth-order valence-corrected chi connectivity index (χ4v) is 3.21. The van der Waals surface area contributed by atoms with Crippen molar-refractivity contribution in [2.24, 2.45) is 0 Å². The monoisotopic (exact) mass is 422 g/mol. The van der Waals surface area contributed by atoms with Gasteiger partial charge in [-0.15, -0.1) is 0 Å². The Kier molecular flexibility index (Phi) is 7.07. The molecule has 0 spiro atoms. The lowest BCUT2D eigenvalue weighted by Gasteiger charge is -2.14. The lowest BCUT2D eigenvalue weighted by atomic mass is 10.1. The van der Waals surface area contributed by atoms with Crippen LogP contribution in [0.5, 0.6) is 5.75 Å². The smallest absolute Gasteiger partial charge is 0.342 e. The highest BCUT2D eigenvalue weighted by molar-refractivity contribution is 5.97. The minimum Gasteiger partial charge on any atom is -0.488 e. The molecule has 2 aromatic carbocycles. The van der Waals surface area contributed by atoms with Gasteiger partial charge in [0, 0.05) is 5.69 Å². The van der Waals surface area contributed by atoms with Crippen LogP contribution in [-0.2, 0) is 22.6 Å². The largest absolute Gasteiger partial charge is 0.488 e.